The molecule has 8 nitrogen and oxygen atoms in total. The number of rotatable bonds is 6. The van der Waals surface area contributed by atoms with Crippen molar-refractivity contribution in [1.82, 2.24) is 9.88 Å². The zero-order valence-corrected chi connectivity index (χ0v) is 23.6. The number of piperazine rings is 1. The lowest BCUT2D eigenvalue weighted by Gasteiger charge is -2.40. The van der Waals surface area contributed by atoms with Gasteiger partial charge in [-0.2, -0.15) is 0 Å². The summed E-state index contributed by atoms with van der Waals surface area (Å²) < 4.78 is 6.40. The second kappa shape index (κ2) is 12.3. The molecule has 3 heterocycles. The average Bonchev–Trinajstić information content (AvgIpc) is 3.28. The van der Waals surface area contributed by atoms with Crippen LogP contribution in [0.25, 0.3) is 10.9 Å². The summed E-state index contributed by atoms with van der Waals surface area (Å²) in [6, 6.07) is 10.2. The molecule has 39 heavy (non-hydrogen) atoms. The Morgan fingerprint density at radius 2 is 1.72 bits per heavy atom. The van der Waals surface area contributed by atoms with E-state index in [-0.39, 0.29) is 5.60 Å². The average molecular weight is 575 g/mol. The van der Waals surface area contributed by atoms with Gasteiger partial charge in [-0.05, 0) is 68.5 Å². The predicted molar refractivity (Wildman–Crippen MR) is 155 cm³/mol. The number of carboxylic acids is 2. The number of ether oxygens (including phenoxy) is 1. The minimum absolute atomic E-state index is 0.124. The molecule has 2 aliphatic rings. The van der Waals surface area contributed by atoms with Gasteiger partial charge in [-0.25, -0.2) is 9.59 Å². The molecule has 2 aliphatic heterocycles. The number of anilines is 1. The highest BCUT2D eigenvalue weighted by molar-refractivity contribution is 6.31. The number of nitrogens with zero attached hydrogens (tertiary/aromatic N) is 2. The summed E-state index contributed by atoms with van der Waals surface area (Å²) in [6.07, 6.45) is 6.31. The summed E-state index contributed by atoms with van der Waals surface area (Å²) in [5.74, 6) is -1.48. The number of H-pyrrole nitrogens is 1. The van der Waals surface area contributed by atoms with Crippen molar-refractivity contribution in [2.45, 2.75) is 38.7 Å². The number of aliphatic carboxylic acids is 2. The Labute approximate surface area is 237 Å². The standard InChI is InChI=1S/C25H29Cl2N3O.C4H4O4/c1-25(2)7-5-17-13-20(27)15-23(24(17)31-25)30-11-9-29(10-12-30)8-6-18-16-28-22-14-19(26)3-4-21(18)22;5-3(6)1-2-4(7)8/h3-4,13-16,28H,5-12H2,1-2H3;1-2H,(H,5,6)(H,7,8). The maximum absolute atomic E-state index is 9.55. The SMILES string of the molecule is CC1(C)CCc2cc(Cl)cc(N3CCN(CCc4c[nH]c5cc(Cl)ccc45)CC3)c2O1.O=C(O)C=CC(=O)O. The van der Waals surface area contributed by atoms with Crippen LogP contribution < -0.4 is 9.64 Å². The molecule has 0 radical (unpaired) electrons. The molecule has 1 fully saturated rings. The number of hydrogen-bond donors (Lipinski definition) is 3. The fraction of sp³-hybridized carbons (Fsp3) is 0.379. The molecule has 0 amide bonds. The number of aromatic amines is 1. The first-order chi connectivity index (χ1) is 18.5. The van der Waals surface area contributed by atoms with Crippen molar-refractivity contribution in [1.29, 1.82) is 0 Å². The summed E-state index contributed by atoms with van der Waals surface area (Å²) in [7, 11) is 0. The van der Waals surface area contributed by atoms with Crippen molar-refractivity contribution in [3.8, 4) is 5.75 Å². The number of nitrogens with one attached hydrogen (secondary N) is 1. The Bertz CT molecular complexity index is 1360. The smallest absolute Gasteiger partial charge is 0.328 e. The van der Waals surface area contributed by atoms with Gasteiger partial charge < -0.3 is 24.8 Å². The van der Waals surface area contributed by atoms with Crippen molar-refractivity contribution >= 4 is 51.7 Å². The third kappa shape index (κ3) is 7.68. The second-order valence-electron chi connectivity index (χ2n) is 10.4. The fourth-order valence-corrected chi connectivity index (χ4v) is 5.34. The number of fused-ring (bicyclic) bond motifs is 2. The summed E-state index contributed by atoms with van der Waals surface area (Å²) in [5.41, 5.74) is 4.74. The Balaban J connectivity index is 0.000000386. The maximum atomic E-state index is 9.55. The third-order valence-corrected chi connectivity index (χ3v) is 7.45. The van der Waals surface area contributed by atoms with Gasteiger partial charge in [-0.15, -0.1) is 0 Å². The summed E-state index contributed by atoms with van der Waals surface area (Å²) in [6.45, 7) is 9.45. The number of aryl methyl sites for hydroxylation is 1. The first-order valence-corrected chi connectivity index (χ1v) is 13.6. The Morgan fingerprint density at radius 1 is 1.03 bits per heavy atom. The fourth-order valence-electron chi connectivity index (χ4n) is 4.93. The van der Waals surface area contributed by atoms with Gasteiger partial charge in [0.15, 0.2) is 0 Å². The van der Waals surface area contributed by atoms with E-state index in [1.165, 1.54) is 16.5 Å². The molecule has 3 aromatic rings. The molecule has 0 aliphatic carbocycles. The second-order valence-corrected chi connectivity index (χ2v) is 11.2. The maximum Gasteiger partial charge on any atom is 0.328 e. The molecule has 208 valence electrons. The van der Waals surface area contributed by atoms with Crippen molar-refractivity contribution in [2.75, 3.05) is 37.6 Å². The first-order valence-electron chi connectivity index (χ1n) is 12.9. The highest BCUT2D eigenvalue weighted by Gasteiger charge is 2.31. The van der Waals surface area contributed by atoms with Gasteiger partial charge in [0.2, 0.25) is 0 Å². The van der Waals surface area contributed by atoms with Crippen LogP contribution in [0.15, 0.2) is 48.7 Å². The van der Waals surface area contributed by atoms with Crippen molar-refractivity contribution in [2.24, 2.45) is 0 Å². The Hall–Kier alpha value is -3.20. The highest BCUT2D eigenvalue weighted by atomic mass is 35.5. The number of carbonyl (C=O) groups is 2. The molecule has 0 bridgehead atoms. The monoisotopic (exact) mass is 573 g/mol. The topological polar surface area (TPSA) is 106 Å². The number of carboxylic acid groups (broad SMARTS) is 2. The number of benzene rings is 2. The number of hydrogen-bond acceptors (Lipinski definition) is 5. The molecule has 2 aromatic carbocycles. The molecule has 0 unspecified atom stereocenters. The highest BCUT2D eigenvalue weighted by Crippen LogP contribution is 2.42. The summed E-state index contributed by atoms with van der Waals surface area (Å²) in [5, 5.41) is 18.5. The zero-order valence-electron chi connectivity index (χ0n) is 22.0. The van der Waals surface area contributed by atoms with Gasteiger partial charge in [0.05, 0.1) is 5.69 Å². The molecule has 0 saturated carbocycles. The molecular formula is C29H33Cl2N3O5. The van der Waals surface area contributed by atoms with Crippen LogP contribution in [-0.2, 0) is 22.4 Å². The van der Waals surface area contributed by atoms with E-state index in [1.54, 1.807) is 0 Å². The van der Waals surface area contributed by atoms with Gasteiger partial charge in [0, 0.05) is 72.0 Å². The normalized spacial score (nSPS) is 16.9. The van der Waals surface area contributed by atoms with E-state index in [2.05, 4.69) is 53.0 Å². The van der Waals surface area contributed by atoms with Crippen molar-refractivity contribution in [3.05, 3.63) is 69.9 Å². The number of halogens is 2. The molecule has 0 atom stereocenters. The summed E-state index contributed by atoms with van der Waals surface area (Å²) in [4.78, 5) is 27.4. The van der Waals surface area contributed by atoms with Crippen molar-refractivity contribution in [3.63, 3.8) is 0 Å². The zero-order chi connectivity index (χ0) is 28.2. The van der Waals surface area contributed by atoms with Gasteiger partial charge in [0.1, 0.15) is 11.4 Å². The quantitative estimate of drug-likeness (QED) is 0.327. The van der Waals surface area contributed by atoms with Crippen LogP contribution in [0.2, 0.25) is 10.0 Å². The molecule has 10 heteroatoms. The van der Waals surface area contributed by atoms with E-state index in [0.29, 0.717) is 12.2 Å². The van der Waals surface area contributed by atoms with Crippen LogP contribution in [0.3, 0.4) is 0 Å². The minimum atomic E-state index is -1.26. The van der Waals surface area contributed by atoms with Crippen molar-refractivity contribution < 1.29 is 24.5 Å². The van der Waals surface area contributed by atoms with Crippen LogP contribution in [0.1, 0.15) is 31.4 Å². The number of aromatic nitrogens is 1. The first kappa shape index (κ1) is 28.8. The van der Waals surface area contributed by atoms with E-state index >= 15 is 0 Å². The molecule has 5 rings (SSSR count). The van der Waals surface area contributed by atoms with E-state index < -0.39 is 11.9 Å². The lowest BCUT2D eigenvalue weighted by Crippen LogP contribution is -2.47. The molecule has 1 aromatic heterocycles. The third-order valence-electron chi connectivity index (χ3n) is 6.99. The van der Waals surface area contributed by atoms with Gasteiger partial charge in [-0.3, -0.25) is 4.90 Å². The molecular weight excluding hydrogens is 541 g/mol. The van der Waals surface area contributed by atoms with Crippen LogP contribution >= 0.6 is 23.2 Å². The van der Waals surface area contributed by atoms with Gasteiger partial charge >= 0.3 is 11.9 Å². The van der Waals surface area contributed by atoms with Gasteiger partial charge in [-0.1, -0.05) is 29.3 Å². The van der Waals surface area contributed by atoms with E-state index in [9.17, 15) is 9.59 Å². The van der Waals surface area contributed by atoms with E-state index in [0.717, 1.165) is 79.0 Å². The molecule has 1 saturated heterocycles. The lowest BCUT2D eigenvalue weighted by atomic mass is 9.93. The van der Waals surface area contributed by atoms with Crippen LogP contribution in [-0.4, -0.2) is 70.4 Å². The largest absolute Gasteiger partial charge is 0.485 e. The van der Waals surface area contributed by atoms with Crippen LogP contribution in [0.5, 0.6) is 5.75 Å². The van der Waals surface area contributed by atoms with E-state index in [1.807, 2.05) is 12.1 Å². The summed E-state index contributed by atoms with van der Waals surface area (Å²) >= 11 is 12.6. The van der Waals surface area contributed by atoms with Crippen LogP contribution in [0.4, 0.5) is 5.69 Å². The lowest BCUT2D eigenvalue weighted by molar-refractivity contribution is -0.134. The van der Waals surface area contributed by atoms with Crippen LogP contribution in [0, 0.1) is 0 Å². The van der Waals surface area contributed by atoms with E-state index in [4.69, 9.17) is 38.2 Å². The molecule has 3 N–H and O–H groups in total. The Morgan fingerprint density at radius 3 is 2.38 bits per heavy atom. The Kier molecular flexibility index (Phi) is 9.10. The van der Waals surface area contributed by atoms with Gasteiger partial charge in [0.25, 0.3) is 0 Å². The molecule has 0 spiro atoms. The minimum Gasteiger partial charge on any atom is -0.485 e. The predicted octanol–water partition coefficient (Wildman–Crippen LogP) is 5.65.